The van der Waals surface area contributed by atoms with Crippen molar-refractivity contribution in [2.45, 2.75) is 55.9 Å². The number of alkyl halides is 3. The first-order chi connectivity index (χ1) is 19.1. The van der Waals surface area contributed by atoms with Crippen molar-refractivity contribution in [3.8, 4) is 0 Å². The normalized spacial score (nSPS) is 20.7. The number of hydrogen-bond acceptors (Lipinski definition) is 5. The number of sulfonamides is 1. The summed E-state index contributed by atoms with van der Waals surface area (Å²) in [4.78, 5) is 19.0. The van der Waals surface area contributed by atoms with Gasteiger partial charge in [0.15, 0.2) is 0 Å². The molecule has 13 heteroatoms. The van der Waals surface area contributed by atoms with Gasteiger partial charge in [-0.25, -0.2) is 12.8 Å². The minimum Gasteiger partial charge on any atom is -0.357 e. The minimum atomic E-state index is -4.37. The predicted octanol–water partition coefficient (Wildman–Crippen LogP) is 5.18. The van der Waals surface area contributed by atoms with Gasteiger partial charge in [-0.15, -0.1) is 0 Å². The van der Waals surface area contributed by atoms with Crippen LogP contribution in [-0.2, 0) is 21.4 Å². The van der Waals surface area contributed by atoms with Gasteiger partial charge in [0.1, 0.15) is 17.7 Å². The Morgan fingerprint density at radius 3 is 2.51 bits per heavy atom. The summed E-state index contributed by atoms with van der Waals surface area (Å²) in [5.74, 6) is -2.42. The lowest BCUT2D eigenvalue weighted by molar-refractivity contribution is -0.171. The first-order valence-electron chi connectivity index (χ1n) is 13.0. The van der Waals surface area contributed by atoms with Crippen LogP contribution in [0.25, 0.3) is 0 Å². The van der Waals surface area contributed by atoms with E-state index in [-0.39, 0.29) is 48.2 Å². The van der Waals surface area contributed by atoms with Gasteiger partial charge < -0.3 is 10.2 Å². The van der Waals surface area contributed by atoms with Crippen molar-refractivity contribution >= 4 is 33.4 Å². The Morgan fingerprint density at radius 1 is 1.22 bits per heavy atom. The number of nitrogens with one attached hydrogen (secondary N) is 1. The lowest BCUT2D eigenvalue weighted by Crippen LogP contribution is -2.53. The number of likely N-dealkylation sites (tertiary alicyclic amines) is 1. The maximum absolute atomic E-state index is 14.1. The fourth-order valence-electron chi connectivity index (χ4n) is 4.90. The van der Waals surface area contributed by atoms with Crippen LogP contribution in [0.1, 0.15) is 32.3 Å². The Morgan fingerprint density at radius 2 is 1.90 bits per heavy atom. The molecule has 0 spiro atoms. The summed E-state index contributed by atoms with van der Waals surface area (Å²) < 4.78 is 81.8. The molecule has 1 fully saturated rings. The number of hydrogen-bond donors (Lipinski definition) is 1. The molecule has 222 valence electrons. The van der Waals surface area contributed by atoms with Crippen LogP contribution in [0, 0.1) is 11.7 Å². The van der Waals surface area contributed by atoms with Crippen molar-refractivity contribution in [1.29, 1.82) is 0 Å². The maximum Gasteiger partial charge on any atom is 0.393 e. The first-order valence-corrected chi connectivity index (χ1v) is 14.8. The minimum absolute atomic E-state index is 0.00511. The zero-order valence-electron chi connectivity index (χ0n) is 22.6. The molecule has 2 aliphatic rings. The van der Waals surface area contributed by atoms with Crippen molar-refractivity contribution in [2.75, 3.05) is 19.6 Å². The summed E-state index contributed by atoms with van der Waals surface area (Å²) in [5.41, 5.74) is -0.163. The van der Waals surface area contributed by atoms with Gasteiger partial charge >= 0.3 is 6.18 Å². The highest BCUT2D eigenvalue weighted by Crippen LogP contribution is 2.35. The zero-order chi connectivity index (χ0) is 30.2. The van der Waals surface area contributed by atoms with Crippen LogP contribution in [0.15, 0.2) is 70.6 Å². The predicted molar refractivity (Wildman–Crippen MR) is 148 cm³/mol. The highest BCUT2D eigenvalue weighted by Gasteiger charge is 2.49. The molecule has 2 aliphatic heterocycles. The van der Waals surface area contributed by atoms with Gasteiger partial charge in [-0.05, 0) is 62.1 Å². The van der Waals surface area contributed by atoms with Gasteiger partial charge in [0.2, 0.25) is 15.9 Å². The maximum atomic E-state index is 14.1. The standard InChI is InChI=1S/C28H31ClF4N4O3S/c1-18(25-34-24(27(2,3)35-25)26(38)36-13-12-20(17-36)28(31,32)33)11-14-37(16-19-9-10-22(29)23(30)15-19)41(39,40)21-7-5-4-6-8-21/h4-10,15,20,24H,1,11-14,16-17H2,2-3H3,(H,34,35)/t20?,24-/m0/s1. The molecule has 2 aromatic rings. The Hall–Kier alpha value is -2.96. The summed E-state index contributed by atoms with van der Waals surface area (Å²) in [7, 11) is -3.99. The summed E-state index contributed by atoms with van der Waals surface area (Å²) in [6.45, 7) is 6.85. The van der Waals surface area contributed by atoms with Crippen LogP contribution in [0.2, 0.25) is 5.02 Å². The molecule has 0 radical (unpaired) electrons. The Bertz CT molecular complexity index is 1450. The average molecular weight is 615 g/mol. The molecule has 7 nitrogen and oxygen atoms in total. The number of rotatable bonds is 9. The molecule has 0 saturated carbocycles. The molecule has 41 heavy (non-hydrogen) atoms. The quantitative estimate of drug-likeness (QED) is 0.395. The summed E-state index contributed by atoms with van der Waals surface area (Å²) in [5, 5.41) is 2.93. The van der Waals surface area contributed by atoms with Gasteiger partial charge in [0.25, 0.3) is 0 Å². The van der Waals surface area contributed by atoms with Crippen molar-refractivity contribution in [2.24, 2.45) is 10.9 Å². The van der Waals surface area contributed by atoms with E-state index in [2.05, 4.69) is 16.9 Å². The number of aliphatic imine (C=N–C) groups is 1. The third-order valence-corrected chi connectivity index (χ3v) is 9.48. The molecule has 2 atom stereocenters. The van der Waals surface area contributed by atoms with Gasteiger partial charge in [-0.2, -0.15) is 17.5 Å². The SMILES string of the molecule is C=C(CCN(Cc1ccc(Cl)c(F)c1)S(=O)(=O)c1ccccc1)C1=NC(C)(C)[C@H](C(=O)N2CCC(C(F)(F)F)C2)N1. The first kappa shape index (κ1) is 31.0. The fourth-order valence-corrected chi connectivity index (χ4v) is 6.47. The van der Waals surface area contributed by atoms with E-state index in [1.807, 2.05) is 0 Å². The van der Waals surface area contributed by atoms with Gasteiger partial charge in [-0.3, -0.25) is 9.79 Å². The van der Waals surface area contributed by atoms with Crippen LogP contribution >= 0.6 is 11.6 Å². The molecule has 0 aliphatic carbocycles. The molecular formula is C28H31ClF4N4O3S. The molecule has 1 saturated heterocycles. The molecule has 0 bridgehead atoms. The molecular weight excluding hydrogens is 584 g/mol. The molecule has 1 unspecified atom stereocenters. The Kier molecular flexibility index (Phi) is 8.87. The second-order valence-electron chi connectivity index (χ2n) is 10.8. The molecule has 1 N–H and O–H groups in total. The van der Waals surface area contributed by atoms with E-state index in [4.69, 9.17) is 11.6 Å². The van der Waals surface area contributed by atoms with Crippen LogP contribution in [0.4, 0.5) is 17.6 Å². The molecule has 0 aromatic heterocycles. The second-order valence-corrected chi connectivity index (χ2v) is 13.1. The highest BCUT2D eigenvalue weighted by atomic mass is 35.5. The summed E-state index contributed by atoms with van der Waals surface area (Å²) in [6, 6.07) is 11.0. The summed E-state index contributed by atoms with van der Waals surface area (Å²) >= 11 is 5.79. The van der Waals surface area contributed by atoms with E-state index in [1.54, 1.807) is 32.0 Å². The zero-order valence-corrected chi connectivity index (χ0v) is 24.2. The number of carbonyl (C=O) groups is 1. The van der Waals surface area contributed by atoms with Crippen molar-refractivity contribution in [3.05, 3.63) is 77.1 Å². The van der Waals surface area contributed by atoms with E-state index >= 15 is 0 Å². The van der Waals surface area contributed by atoms with E-state index in [0.29, 0.717) is 11.1 Å². The molecule has 4 rings (SSSR count). The Balaban J connectivity index is 1.48. The highest BCUT2D eigenvalue weighted by molar-refractivity contribution is 7.89. The number of amidine groups is 1. The van der Waals surface area contributed by atoms with Gasteiger partial charge in [0.05, 0.1) is 21.4 Å². The monoisotopic (exact) mass is 614 g/mol. The van der Waals surface area contributed by atoms with Crippen molar-refractivity contribution < 1.29 is 30.8 Å². The van der Waals surface area contributed by atoms with Crippen LogP contribution in [0.3, 0.4) is 0 Å². The average Bonchev–Trinajstić information content (AvgIpc) is 3.53. The smallest absolute Gasteiger partial charge is 0.357 e. The fraction of sp³-hybridized carbons (Fsp3) is 0.429. The number of carbonyl (C=O) groups excluding carboxylic acids is 1. The molecule has 2 heterocycles. The lowest BCUT2D eigenvalue weighted by Gasteiger charge is -2.28. The second kappa shape index (κ2) is 11.7. The van der Waals surface area contributed by atoms with E-state index in [0.717, 1.165) is 0 Å². The van der Waals surface area contributed by atoms with Crippen molar-refractivity contribution in [3.63, 3.8) is 0 Å². The van der Waals surface area contributed by atoms with E-state index in [9.17, 15) is 30.8 Å². The summed E-state index contributed by atoms with van der Waals surface area (Å²) in [6.07, 6.45) is -4.40. The largest absolute Gasteiger partial charge is 0.393 e. The number of halogens is 5. The lowest BCUT2D eigenvalue weighted by atomic mass is 9.95. The Labute approximate surface area is 241 Å². The molecule has 1 amide bonds. The topological polar surface area (TPSA) is 82.1 Å². The number of benzene rings is 2. The van der Waals surface area contributed by atoms with Gasteiger partial charge in [0, 0.05) is 26.2 Å². The number of nitrogens with zero attached hydrogens (tertiary/aromatic N) is 3. The van der Waals surface area contributed by atoms with Crippen LogP contribution < -0.4 is 5.32 Å². The molecule has 2 aromatic carbocycles. The van der Waals surface area contributed by atoms with E-state index in [1.165, 1.54) is 39.5 Å². The third kappa shape index (κ3) is 6.92. The van der Waals surface area contributed by atoms with Crippen LogP contribution in [-0.4, -0.2) is 66.8 Å². The van der Waals surface area contributed by atoms with Crippen molar-refractivity contribution in [1.82, 2.24) is 14.5 Å². The third-order valence-electron chi connectivity index (χ3n) is 7.32. The van der Waals surface area contributed by atoms with E-state index < -0.39 is 52.0 Å². The van der Waals surface area contributed by atoms with Crippen LogP contribution in [0.5, 0.6) is 0 Å². The number of amides is 1. The van der Waals surface area contributed by atoms with Gasteiger partial charge in [-0.1, -0.05) is 42.4 Å².